The first-order valence-electron chi connectivity index (χ1n) is 4.39. The molecule has 0 saturated heterocycles. The summed E-state index contributed by atoms with van der Waals surface area (Å²) in [4.78, 5) is 5.05. The molecule has 14 heavy (non-hydrogen) atoms. The second kappa shape index (κ2) is 6.03. The number of terminal acetylenes is 1. The number of rotatable bonds is 5. The van der Waals surface area contributed by atoms with Crippen molar-refractivity contribution in [3.8, 4) is 18.1 Å². The molecule has 1 rings (SSSR count). The maximum atomic E-state index is 9.03. The molecule has 0 bridgehead atoms. The molecule has 74 valence electrons. The molecule has 0 amide bonds. The minimum absolute atomic E-state index is 0.278. The Balaban J connectivity index is 2.19. The zero-order valence-corrected chi connectivity index (χ0v) is 7.86. The van der Waals surface area contributed by atoms with E-state index < -0.39 is 0 Å². The van der Waals surface area contributed by atoms with Gasteiger partial charge in [0.1, 0.15) is 5.75 Å². The molecule has 0 aromatic heterocycles. The summed E-state index contributed by atoms with van der Waals surface area (Å²) in [5, 5.41) is 9.03. The lowest BCUT2D eigenvalue weighted by molar-refractivity contribution is 0.0520. The first-order chi connectivity index (χ1) is 6.83. The zero-order chi connectivity index (χ0) is 10.2. The second-order valence-corrected chi connectivity index (χ2v) is 2.79. The van der Waals surface area contributed by atoms with Crippen LogP contribution < -0.4 is 5.48 Å². The van der Waals surface area contributed by atoms with Crippen molar-refractivity contribution >= 4 is 0 Å². The van der Waals surface area contributed by atoms with Crippen LogP contribution >= 0.6 is 0 Å². The molecule has 0 atom stereocenters. The lowest BCUT2D eigenvalue weighted by atomic mass is 10.1. The van der Waals surface area contributed by atoms with E-state index in [0.717, 1.165) is 12.0 Å². The second-order valence-electron chi connectivity index (χ2n) is 2.79. The molecule has 0 aliphatic rings. The number of hydroxylamine groups is 1. The molecule has 1 aromatic rings. The van der Waals surface area contributed by atoms with E-state index in [4.69, 9.17) is 16.4 Å². The number of phenolic OH excluding ortho intramolecular Hbond substituents is 1. The first kappa shape index (κ1) is 10.6. The number of hydrogen-bond donors (Lipinski definition) is 2. The van der Waals surface area contributed by atoms with E-state index in [1.165, 1.54) is 0 Å². The molecule has 0 unspecified atom stereocenters. The summed E-state index contributed by atoms with van der Waals surface area (Å²) in [5.41, 5.74) is 3.75. The molecule has 0 aliphatic carbocycles. The van der Waals surface area contributed by atoms with E-state index in [0.29, 0.717) is 13.2 Å². The smallest absolute Gasteiger partial charge is 0.115 e. The first-order valence-corrected chi connectivity index (χ1v) is 4.39. The van der Waals surface area contributed by atoms with E-state index in [1.54, 1.807) is 12.1 Å². The van der Waals surface area contributed by atoms with Crippen LogP contribution in [0.15, 0.2) is 24.3 Å². The zero-order valence-electron chi connectivity index (χ0n) is 7.86. The van der Waals surface area contributed by atoms with Gasteiger partial charge in [0.25, 0.3) is 0 Å². The van der Waals surface area contributed by atoms with Gasteiger partial charge in [0.05, 0.1) is 13.2 Å². The highest BCUT2D eigenvalue weighted by Gasteiger charge is 1.93. The summed E-state index contributed by atoms with van der Waals surface area (Å²) in [7, 11) is 0. The molecule has 3 nitrogen and oxygen atoms in total. The Morgan fingerprint density at radius 1 is 1.36 bits per heavy atom. The molecule has 0 heterocycles. The Labute approximate surface area is 83.7 Å². The molecule has 2 N–H and O–H groups in total. The fraction of sp³-hybridized carbons (Fsp3) is 0.273. The van der Waals surface area contributed by atoms with Crippen molar-refractivity contribution < 1.29 is 9.94 Å². The van der Waals surface area contributed by atoms with Crippen molar-refractivity contribution in [1.82, 2.24) is 5.48 Å². The highest BCUT2D eigenvalue weighted by atomic mass is 16.6. The molecule has 0 spiro atoms. The van der Waals surface area contributed by atoms with Crippen LogP contribution in [0, 0.1) is 12.3 Å². The SMILES string of the molecule is C#CCNOCCc1ccc(O)cc1. The standard InChI is InChI=1S/C11H13NO2/c1-2-8-12-14-9-7-10-3-5-11(13)6-4-10/h1,3-6,12-13H,7-9H2. The van der Waals surface area contributed by atoms with Gasteiger partial charge in [-0.2, -0.15) is 5.48 Å². The normalized spacial score (nSPS) is 9.64. The van der Waals surface area contributed by atoms with E-state index in [-0.39, 0.29) is 5.75 Å². The predicted molar refractivity (Wildman–Crippen MR) is 54.6 cm³/mol. The van der Waals surface area contributed by atoms with Crippen LogP contribution in [0.3, 0.4) is 0 Å². The molecular weight excluding hydrogens is 178 g/mol. The number of phenols is 1. The molecule has 3 heteroatoms. The van der Waals surface area contributed by atoms with Crippen LogP contribution in [0.4, 0.5) is 0 Å². The average molecular weight is 191 g/mol. The highest BCUT2D eigenvalue weighted by molar-refractivity contribution is 5.25. The van der Waals surface area contributed by atoms with Crippen molar-refractivity contribution in [1.29, 1.82) is 0 Å². The third-order valence-electron chi connectivity index (χ3n) is 1.71. The van der Waals surface area contributed by atoms with Gasteiger partial charge in [0, 0.05) is 0 Å². The Morgan fingerprint density at radius 3 is 2.71 bits per heavy atom. The van der Waals surface area contributed by atoms with Crippen LogP contribution in [0.5, 0.6) is 5.75 Å². The van der Waals surface area contributed by atoms with Gasteiger partial charge >= 0.3 is 0 Å². The predicted octanol–water partition coefficient (Wildman–Crippen LogP) is 1.09. The van der Waals surface area contributed by atoms with Gasteiger partial charge in [-0.1, -0.05) is 18.1 Å². The molecular formula is C11H13NO2. The van der Waals surface area contributed by atoms with E-state index >= 15 is 0 Å². The summed E-state index contributed by atoms with van der Waals surface area (Å²) in [6, 6.07) is 7.04. The highest BCUT2D eigenvalue weighted by Crippen LogP contribution is 2.09. The van der Waals surface area contributed by atoms with Gasteiger partial charge in [0.15, 0.2) is 0 Å². The van der Waals surface area contributed by atoms with E-state index in [9.17, 15) is 0 Å². The minimum atomic E-state index is 0.278. The maximum absolute atomic E-state index is 9.03. The summed E-state index contributed by atoms with van der Waals surface area (Å²) in [6.07, 6.45) is 5.81. The molecule has 0 aliphatic heterocycles. The molecule has 0 radical (unpaired) electrons. The fourth-order valence-electron chi connectivity index (χ4n) is 0.996. The Kier molecular flexibility index (Phi) is 4.56. The topological polar surface area (TPSA) is 41.5 Å². The fourth-order valence-corrected chi connectivity index (χ4v) is 0.996. The van der Waals surface area contributed by atoms with Crippen molar-refractivity contribution in [3.63, 3.8) is 0 Å². The van der Waals surface area contributed by atoms with Gasteiger partial charge in [-0.05, 0) is 24.1 Å². The summed E-state index contributed by atoms with van der Waals surface area (Å²) in [6.45, 7) is 0.974. The number of aromatic hydroxyl groups is 1. The van der Waals surface area contributed by atoms with E-state index in [2.05, 4.69) is 11.4 Å². The number of hydrogen-bond acceptors (Lipinski definition) is 3. The van der Waals surface area contributed by atoms with Crippen LogP contribution in [0.1, 0.15) is 5.56 Å². The van der Waals surface area contributed by atoms with Crippen molar-refractivity contribution in [3.05, 3.63) is 29.8 Å². The van der Waals surface area contributed by atoms with Crippen LogP contribution in [0.25, 0.3) is 0 Å². The maximum Gasteiger partial charge on any atom is 0.115 e. The van der Waals surface area contributed by atoms with Gasteiger partial charge in [-0.3, -0.25) is 0 Å². The minimum Gasteiger partial charge on any atom is -0.508 e. The van der Waals surface area contributed by atoms with Gasteiger partial charge in [-0.25, -0.2) is 0 Å². The van der Waals surface area contributed by atoms with Crippen LogP contribution in [0.2, 0.25) is 0 Å². The van der Waals surface area contributed by atoms with Crippen molar-refractivity contribution in [2.75, 3.05) is 13.2 Å². The summed E-state index contributed by atoms with van der Waals surface area (Å²) >= 11 is 0. The average Bonchev–Trinajstić information content (AvgIpc) is 2.21. The third-order valence-corrected chi connectivity index (χ3v) is 1.71. The lowest BCUT2D eigenvalue weighted by Gasteiger charge is -2.03. The molecule has 0 fully saturated rings. The number of nitrogens with one attached hydrogen (secondary N) is 1. The lowest BCUT2D eigenvalue weighted by Crippen LogP contribution is -2.16. The van der Waals surface area contributed by atoms with Gasteiger partial charge in [0.2, 0.25) is 0 Å². The summed E-state index contributed by atoms with van der Waals surface area (Å²) in [5.74, 6) is 2.68. The third kappa shape index (κ3) is 3.94. The Hall–Kier alpha value is -1.50. The largest absolute Gasteiger partial charge is 0.508 e. The monoisotopic (exact) mass is 191 g/mol. The number of benzene rings is 1. The van der Waals surface area contributed by atoms with Crippen molar-refractivity contribution in [2.24, 2.45) is 0 Å². The Morgan fingerprint density at radius 2 is 2.07 bits per heavy atom. The quantitative estimate of drug-likeness (QED) is 0.416. The Bertz CT molecular complexity index is 300. The van der Waals surface area contributed by atoms with Crippen molar-refractivity contribution in [2.45, 2.75) is 6.42 Å². The van der Waals surface area contributed by atoms with Crippen LogP contribution in [-0.2, 0) is 11.3 Å². The van der Waals surface area contributed by atoms with Gasteiger partial charge in [-0.15, -0.1) is 6.42 Å². The molecule has 0 saturated carbocycles. The summed E-state index contributed by atoms with van der Waals surface area (Å²) < 4.78 is 0. The van der Waals surface area contributed by atoms with Gasteiger partial charge < -0.3 is 9.94 Å². The van der Waals surface area contributed by atoms with Crippen LogP contribution in [-0.4, -0.2) is 18.3 Å². The molecule has 1 aromatic carbocycles. The van der Waals surface area contributed by atoms with E-state index in [1.807, 2.05) is 12.1 Å².